The van der Waals surface area contributed by atoms with Gasteiger partial charge in [-0.1, -0.05) is 37.6 Å². The van der Waals surface area contributed by atoms with Crippen LogP contribution in [0, 0.1) is 0 Å². The second-order valence-electron chi connectivity index (χ2n) is 4.07. The molecular weight excluding hydrogens is 222 g/mol. The number of phenols is 1. The summed E-state index contributed by atoms with van der Waals surface area (Å²) in [6.07, 6.45) is 1.11. The van der Waals surface area contributed by atoms with Crippen molar-refractivity contribution in [3.8, 4) is 5.75 Å². The zero-order chi connectivity index (χ0) is 12.1. The fourth-order valence-corrected chi connectivity index (χ4v) is 1.94. The summed E-state index contributed by atoms with van der Waals surface area (Å²) in [4.78, 5) is 2.32. The Balaban J connectivity index is 2.82. The fourth-order valence-electron chi connectivity index (χ4n) is 1.74. The summed E-state index contributed by atoms with van der Waals surface area (Å²) in [7, 11) is 0. The Morgan fingerprint density at radius 2 is 2.06 bits per heavy atom. The molecule has 0 heterocycles. The first-order chi connectivity index (χ1) is 7.60. The average molecular weight is 242 g/mol. The monoisotopic (exact) mass is 241 g/mol. The molecule has 0 saturated heterocycles. The van der Waals surface area contributed by atoms with Crippen molar-refractivity contribution in [3.05, 3.63) is 28.8 Å². The van der Waals surface area contributed by atoms with E-state index in [-0.39, 0.29) is 5.75 Å². The second-order valence-corrected chi connectivity index (χ2v) is 4.48. The Labute approximate surface area is 103 Å². The molecule has 0 amide bonds. The normalized spacial score (nSPS) is 13.1. The van der Waals surface area contributed by atoms with E-state index in [2.05, 4.69) is 25.7 Å². The van der Waals surface area contributed by atoms with Gasteiger partial charge in [0.25, 0.3) is 0 Å². The Morgan fingerprint density at radius 3 is 2.62 bits per heavy atom. The van der Waals surface area contributed by atoms with Crippen LogP contribution in [0.15, 0.2) is 18.2 Å². The predicted octanol–water partition coefficient (Wildman–Crippen LogP) is 3.67. The summed E-state index contributed by atoms with van der Waals surface area (Å²) >= 11 is 5.89. The molecule has 1 aromatic rings. The molecule has 16 heavy (non-hydrogen) atoms. The van der Waals surface area contributed by atoms with E-state index < -0.39 is 0 Å². The van der Waals surface area contributed by atoms with Crippen LogP contribution in [-0.4, -0.2) is 22.6 Å². The van der Waals surface area contributed by atoms with Crippen molar-refractivity contribution in [1.29, 1.82) is 0 Å². The number of para-hydroxylation sites is 1. The predicted molar refractivity (Wildman–Crippen MR) is 69.0 cm³/mol. The maximum atomic E-state index is 9.84. The molecule has 1 rings (SSSR count). The van der Waals surface area contributed by atoms with Gasteiger partial charge in [-0.3, -0.25) is 4.90 Å². The van der Waals surface area contributed by atoms with Crippen LogP contribution >= 0.6 is 11.6 Å². The largest absolute Gasteiger partial charge is 0.506 e. The number of aromatic hydroxyl groups is 1. The van der Waals surface area contributed by atoms with Crippen molar-refractivity contribution in [3.63, 3.8) is 0 Å². The van der Waals surface area contributed by atoms with Crippen LogP contribution in [0.3, 0.4) is 0 Å². The number of hydrogen-bond donors (Lipinski definition) is 1. The Bertz CT molecular complexity index is 341. The molecule has 0 saturated carbocycles. The molecule has 3 heteroatoms. The minimum absolute atomic E-state index is 0.214. The van der Waals surface area contributed by atoms with E-state index in [0.29, 0.717) is 11.1 Å². The zero-order valence-corrected chi connectivity index (χ0v) is 11.0. The summed E-state index contributed by atoms with van der Waals surface area (Å²) in [5, 5.41) is 10.3. The second kappa shape index (κ2) is 6.12. The van der Waals surface area contributed by atoms with Gasteiger partial charge in [-0.15, -0.1) is 0 Å². The quantitative estimate of drug-likeness (QED) is 0.851. The number of phenolic OH excluding ortho intramolecular Hbond substituents is 1. The van der Waals surface area contributed by atoms with Gasteiger partial charge in [-0.2, -0.15) is 0 Å². The van der Waals surface area contributed by atoms with Crippen LogP contribution in [0.1, 0.15) is 32.8 Å². The third-order valence-electron chi connectivity index (χ3n) is 3.06. The molecule has 2 nitrogen and oxygen atoms in total. The highest BCUT2D eigenvalue weighted by atomic mass is 35.5. The smallest absolute Gasteiger partial charge is 0.138 e. The third-order valence-corrected chi connectivity index (χ3v) is 3.37. The molecule has 1 unspecified atom stereocenters. The lowest BCUT2D eigenvalue weighted by Crippen LogP contribution is -2.31. The molecule has 1 N–H and O–H groups in total. The van der Waals surface area contributed by atoms with Crippen molar-refractivity contribution in [2.75, 3.05) is 6.54 Å². The summed E-state index contributed by atoms with van der Waals surface area (Å²) in [5.74, 6) is 0.214. The number of hydrogen-bond acceptors (Lipinski definition) is 2. The van der Waals surface area contributed by atoms with Gasteiger partial charge >= 0.3 is 0 Å². The molecule has 0 fully saturated rings. The van der Waals surface area contributed by atoms with Gasteiger partial charge in [0, 0.05) is 18.2 Å². The van der Waals surface area contributed by atoms with Gasteiger partial charge in [0.2, 0.25) is 0 Å². The molecule has 0 aliphatic heterocycles. The number of benzene rings is 1. The van der Waals surface area contributed by atoms with E-state index in [0.717, 1.165) is 25.1 Å². The van der Waals surface area contributed by atoms with Crippen molar-refractivity contribution in [2.45, 2.75) is 39.8 Å². The van der Waals surface area contributed by atoms with Crippen molar-refractivity contribution in [2.24, 2.45) is 0 Å². The number of nitrogens with zero attached hydrogens (tertiary/aromatic N) is 1. The van der Waals surface area contributed by atoms with E-state index >= 15 is 0 Å². The highest BCUT2D eigenvalue weighted by Crippen LogP contribution is 2.28. The zero-order valence-electron chi connectivity index (χ0n) is 10.2. The maximum Gasteiger partial charge on any atom is 0.138 e. The molecule has 0 aromatic heterocycles. The first-order valence-corrected chi connectivity index (χ1v) is 6.18. The van der Waals surface area contributed by atoms with Crippen LogP contribution in [0.4, 0.5) is 0 Å². The Kier molecular flexibility index (Phi) is 5.10. The van der Waals surface area contributed by atoms with E-state index in [1.165, 1.54) is 0 Å². The van der Waals surface area contributed by atoms with Gasteiger partial charge in [-0.25, -0.2) is 0 Å². The lowest BCUT2D eigenvalue weighted by molar-refractivity contribution is 0.204. The summed E-state index contributed by atoms with van der Waals surface area (Å²) < 4.78 is 0. The van der Waals surface area contributed by atoms with Crippen LogP contribution < -0.4 is 0 Å². The number of rotatable bonds is 5. The molecule has 0 aliphatic carbocycles. The molecule has 0 radical (unpaired) electrons. The Hall–Kier alpha value is -0.730. The molecule has 90 valence electrons. The van der Waals surface area contributed by atoms with Crippen molar-refractivity contribution < 1.29 is 5.11 Å². The van der Waals surface area contributed by atoms with Gasteiger partial charge in [0.05, 0.1) is 5.02 Å². The van der Waals surface area contributed by atoms with Gasteiger partial charge in [0.1, 0.15) is 5.75 Å². The molecule has 0 aliphatic rings. The van der Waals surface area contributed by atoms with Crippen molar-refractivity contribution in [1.82, 2.24) is 4.90 Å². The fraction of sp³-hybridized carbons (Fsp3) is 0.538. The van der Waals surface area contributed by atoms with E-state index in [4.69, 9.17) is 11.6 Å². The van der Waals surface area contributed by atoms with Crippen LogP contribution in [0.25, 0.3) is 0 Å². The lowest BCUT2D eigenvalue weighted by Gasteiger charge is -2.27. The molecule has 0 spiro atoms. The molecule has 1 atom stereocenters. The van der Waals surface area contributed by atoms with Crippen molar-refractivity contribution >= 4 is 11.6 Å². The highest BCUT2D eigenvalue weighted by molar-refractivity contribution is 6.32. The van der Waals surface area contributed by atoms with Crippen LogP contribution in [-0.2, 0) is 6.54 Å². The molecule has 0 bridgehead atoms. The lowest BCUT2D eigenvalue weighted by atomic mass is 10.1. The summed E-state index contributed by atoms with van der Waals surface area (Å²) in [6.45, 7) is 8.23. The average Bonchev–Trinajstić information content (AvgIpc) is 2.30. The minimum atomic E-state index is 0.214. The first kappa shape index (κ1) is 13.3. The summed E-state index contributed by atoms with van der Waals surface area (Å²) in [5.41, 5.74) is 0.898. The van der Waals surface area contributed by atoms with Crippen LogP contribution in [0.2, 0.25) is 5.02 Å². The van der Waals surface area contributed by atoms with Crippen LogP contribution in [0.5, 0.6) is 5.75 Å². The van der Waals surface area contributed by atoms with Gasteiger partial charge < -0.3 is 5.11 Å². The first-order valence-electron chi connectivity index (χ1n) is 5.80. The van der Waals surface area contributed by atoms with Gasteiger partial charge in [0.15, 0.2) is 0 Å². The highest BCUT2D eigenvalue weighted by Gasteiger charge is 2.13. The van der Waals surface area contributed by atoms with E-state index in [1.807, 2.05) is 12.1 Å². The molecule has 1 aromatic carbocycles. The third kappa shape index (κ3) is 3.13. The topological polar surface area (TPSA) is 23.5 Å². The summed E-state index contributed by atoms with van der Waals surface area (Å²) in [6, 6.07) is 6.02. The minimum Gasteiger partial charge on any atom is -0.506 e. The standard InChI is InChI=1S/C13H20ClNO/c1-4-10(3)15(5-2)9-11-7-6-8-12(14)13(11)16/h6-8,10,16H,4-5,9H2,1-3H3. The number of halogens is 1. The van der Waals surface area contributed by atoms with E-state index in [9.17, 15) is 5.11 Å². The molecular formula is C13H20ClNO. The van der Waals surface area contributed by atoms with E-state index in [1.54, 1.807) is 6.07 Å². The SMILES string of the molecule is CCC(C)N(CC)Cc1cccc(Cl)c1O. The Morgan fingerprint density at radius 1 is 1.38 bits per heavy atom. The van der Waals surface area contributed by atoms with Gasteiger partial charge in [-0.05, 0) is 26.0 Å². The maximum absolute atomic E-state index is 9.84.